The highest BCUT2D eigenvalue weighted by atomic mass is 32.1. The molecule has 0 radical (unpaired) electrons. The van der Waals surface area contributed by atoms with Gasteiger partial charge in [-0.2, -0.15) is 0 Å². The fraction of sp³-hybridized carbons (Fsp3) is 0.250. The van der Waals surface area contributed by atoms with Crippen molar-refractivity contribution in [2.24, 2.45) is 0 Å². The van der Waals surface area contributed by atoms with E-state index >= 15 is 0 Å². The summed E-state index contributed by atoms with van der Waals surface area (Å²) in [5, 5.41) is 6.76. The Morgan fingerprint density at radius 1 is 1.14 bits per heavy atom. The minimum absolute atomic E-state index is 0.0924. The number of hydrogen-bond acceptors (Lipinski definition) is 4. The van der Waals surface area contributed by atoms with Gasteiger partial charge in [0.2, 0.25) is 5.91 Å². The largest absolute Gasteiger partial charge is 0.317 e. The lowest BCUT2D eigenvalue weighted by Gasteiger charge is -2.12. The third-order valence-electron chi connectivity index (χ3n) is 2.97. The molecule has 1 aromatic carbocycles. The van der Waals surface area contributed by atoms with E-state index in [0.717, 1.165) is 5.56 Å². The van der Waals surface area contributed by atoms with E-state index in [1.54, 1.807) is 30.6 Å². The Labute approximate surface area is 133 Å². The zero-order chi connectivity index (χ0) is 15.9. The first kappa shape index (κ1) is 16.2. The fourth-order valence-corrected chi connectivity index (χ4v) is 2.74. The van der Waals surface area contributed by atoms with Gasteiger partial charge < -0.3 is 5.32 Å². The van der Waals surface area contributed by atoms with Crippen molar-refractivity contribution in [2.45, 2.75) is 12.8 Å². The fourth-order valence-electron chi connectivity index (χ4n) is 1.94. The highest BCUT2D eigenvalue weighted by Gasteiger charge is 2.15. The molecule has 5 nitrogen and oxygen atoms in total. The Hall–Kier alpha value is -2.18. The van der Waals surface area contributed by atoms with Gasteiger partial charge in [-0.1, -0.05) is 30.3 Å². The number of benzene rings is 1. The van der Waals surface area contributed by atoms with Crippen LogP contribution >= 0.6 is 11.3 Å². The van der Waals surface area contributed by atoms with Gasteiger partial charge in [0.1, 0.15) is 5.00 Å². The second-order valence-corrected chi connectivity index (χ2v) is 5.95. The summed E-state index contributed by atoms with van der Waals surface area (Å²) in [5.41, 5.74) is 4.26. The van der Waals surface area contributed by atoms with E-state index in [-0.39, 0.29) is 11.8 Å². The van der Waals surface area contributed by atoms with Crippen molar-refractivity contribution in [1.29, 1.82) is 0 Å². The summed E-state index contributed by atoms with van der Waals surface area (Å²) < 4.78 is 0. The Morgan fingerprint density at radius 2 is 1.86 bits per heavy atom. The number of aryl methyl sites for hydroxylation is 1. The van der Waals surface area contributed by atoms with Crippen LogP contribution in [-0.2, 0) is 11.2 Å². The highest BCUT2D eigenvalue weighted by molar-refractivity contribution is 7.14. The summed E-state index contributed by atoms with van der Waals surface area (Å²) in [6.07, 6.45) is 1.06. The zero-order valence-electron chi connectivity index (χ0n) is 12.6. The third kappa shape index (κ3) is 4.68. The summed E-state index contributed by atoms with van der Waals surface area (Å²) in [7, 11) is 3.48. The van der Waals surface area contributed by atoms with Crippen LogP contribution in [0.3, 0.4) is 0 Å². The predicted octanol–water partition coefficient (Wildman–Crippen LogP) is 2.53. The van der Waals surface area contributed by atoms with Crippen molar-refractivity contribution in [1.82, 2.24) is 10.4 Å². The van der Waals surface area contributed by atoms with Gasteiger partial charge in [-0.05, 0) is 23.4 Å². The average molecular weight is 317 g/mol. The summed E-state index contributed by atoms with van der Waals surface area (Å²) in [6, 6.07) is 11.6. The molecule has 1 aromatic heterocycles. The third-order valence-corrected chi connectivity index (χ3v) is 3.80. The van der Waals surface area contributed by atoms with Crippen molar-refractivity contribution in [2.75, 3.05) is 19.4 Å². The summed E-state index contributed by atoms with van der Waals surface area (Å²) in [4.78, 5) is 24.0. The van der Waals surface area contributed by atoms with Crippen LogP contribution in [0.15, 0.2) is 41.8 Å². The molecule has 0 aliphatic rings. The minimum Gasteiger partial charge on any atom is -0.317 e. The maximum absolute atomic E-state index is 12.0. The number of thiophene rings is 1. The van der Waals surface area contributed by atoms with E-state index in [4.69, 9.17) is 0 Å². The van der Waals surface area contributed by atoms with E-state index in [0.29, 0.717) is 23.4 Å². The second kappa shape index (κ2) is 7.72. The van der Waals surface area contributed by atoms with E-state index < -0.39 is 0 Å². The topological polar surface area (TPSA) is 61.4 Å². The number of carbonyl (C=O) groups excluding carboxylic acids is 2. The smallest absolute Gasteiger partial charge is 0.268 e. The molecule has 0 saturated heterocycles. The lowest BCUT2D eigenvalue weighted by Crippen LogP contribution is -2.36. The average Bonchev–Trinajstić information content (AvgIpc) is 2.94. The molecule has 116 valence electrons. The van der Waals surface area contributed by atoms with E-state index in [2.05, 4.69) is 10.7 Å². The molecule has 1 heterocycles. The molecule has 0 aliphatic carbocycles. The van der Waals surface area contributed by atoms with Gasteiger partial charge in [-0.15, -0.1) is 11.3 Å². The standard InChI is InChI=1S/C16H19N3O2S/c1-19(2)18-15(21)13-10-11-22-16(13)17-14(20)9-8-12-6-4-3-5-7-12/h3-7,10-11H,8-9H2,1-2H3,(H,17,20)(H,18,21). The number of rotatable bonds is 6. The molecule has 0 bridgehead atoms. The lowest BCUT2D eigenvalue weighted by molar-refractivity contribution is -0.116. The zero-order valence-corrected chi connectivity index (χ0v) is 13.4. The molecule has 0 atom stereocenters. The SMILES string of the molecule is CN(C)NC(=O)c1ccsc1NC(=O)CCc1ccccc1. The van der Waals surface area contributed by atoms with Gasteiger partial charge in [0, 0.05) is 20.5 Å². The number of amides is 2. The van der Waals surface area contributed by atoms with Crippen molar-refractivity contribution >= 4 is 28.2 Å². The Balaban J connectivity index is 1.92. The number of hydrogen-bond donors (Lipinski definition) is 2. The monoisotopic (exact) mass is 317 g/mol. The van der Waals surface area contributed by atoms with E-state index in [9.17, 15) is 9.59 Å². The van der Waals surface area contributed by atoms with Gasteiger partial charge >= 0.3 is 0 Å². The molecular weight excluding hydrogens is 298 g/mol. The van der Waals surface area contributed by atoms with Gasteiger partial charge in [0.15, 0.2) is 0 Å². The first-order valence-corrected chi connectivity index (χ1v) is 7.84. The second-order valence-electron chi connectivity index (χ2n) is 5.03. The molecule has 6 heteroatoms. The maximum atomic E-state index is 12.0. The van der Waals surface area contributed by atoms with Crippen LogP contribution in [0.5, 0.6) is 0 Å². The molecule has 0 saturated carbocycles. The normalized spacial score (nSPS) is 10.5. The molecular formula is C16H19N3O2S. The van der Waals surface area contributed by atoms with E-state index in [1.807, 2.05) is 30.3 Å². The van der Waals surface area contributed by atoms with Crippen LogP contribution in [-0.4, -0.2) is 30.9 Å². The summed E-state index contributed by atoms with van der Waals surface area (Å²) in [6.45, 7) is 0. The molecule has 0 aliphatic heterocycles. The number of carbonyl (C=O) groups is 2. The quantitative estimate of drug-likeness (QED) is 0.805. The maximum Gasteiger partial charge on any atom is 0.268 e. The van der Waals surface area contributed by atoms with Crippen molar-refractivity contribution in [3.05, 3.63) is 52.9 Å². The molecule has 2 N–H and O–H groups in total. The molecule has 2 rings (SSSR count). The van der Waals surface area contributed by atoms with Crippen molar-refractivity contribution in [3.63, 3.8) is 0 Å². The first-order chi connectivity index (χ1) is 10.6. The van der Waals surface area contributed by atoms with Crippen LogP contribution in [0, 0.1) is 0 Å². The predicted molar refractivity (Wildman–Crippen MR) is 88.9 cm³/mol. The molecule has 0 fully saturated rings. The van der Waals surface area contributed by atoms with Crippen LogP contribution in [0.1, 0.15) is 22.3 Å². The Kier molecular flexibility index (Phi) is 5.68. The van der Waals surface area contributed by atoms with Gasteiger partial charge in [0.25, 0.3) is 5.91 Å². The van der Waals surface area contributed by atoms with Crippen LogP contribution in [0.2, 0.25) is 0 Å². The Morgan fingerprint density at radius 3 is 2.55 bits per heavy atom. The molecule has 0 spiro atoms. The van der Waals surface area contributed by atoms with Crippen molar-refractivity contribution < 1.29 is 9.59 Å². The van der Waals surface area contributed by atoms with Crippen LogP contribution in [0.4, 0.5) is 5.00 Å². The number of nitrogens with one attached hydrogen (secondary N) is 2. The molecule has 2 aromatic rings. The lowest BCUT2D eigenvalue weighted by atomic mass is 10.1. The summed E-state index contributed by atoms with van der Waals surface area (Å²) in [5.74, 6) is -0.324. The molecule has 2 amide bonds. The number of nitrogens with zero attached hydrogens (tertiary/aromatic N) is 1. The highest BCUT2D eigenvalue weighted by Crippen LogP contribution is 2.23. The Bertz CT molecular complexity index is 638. The van der Waals surface area contributed by atoms with Crippen LogP contribution < -0.4 is 10.7 Å². The van der Waals surface area contributed by atoms with Crippen molar-refractivity contribution in [3.8, 4) is 0 Å². The summed E-state index contributed by atoms with van der Waals surface area (Å²) >= 11 is 1.34. The van der Waals surface area contributed by atoms with Gasteiger partial charge in [0.05, 0.1) is 5.56 Å². The van der Waals surface area contributed by atoms with E-state index in [1.165, 1.54) is 11.3 Å². The molecule has 22 heavy (non-hydrogen) atoms. The van der Waals surface area contributed by atoms with Gasteiger partial charge in [-0.3, -0.25) is 15.0 Å². The number of anilines is 1. The minimum atomic E-state index is -0.232. The first-order valence-electron chi connectivity index (χ1n) is 6.96. The van der Waals surface area contributed by atoms with Gasteiger partial charge in [-0.25, -0.2) is 5.01 Å². The number of hydrazine groups is 1. The van der Waals surface area contributed by atoms with Crippen LogP contribution in [0.25, 0.3) is 0 Å². The molecule has 0 unspecified atom stereocenters.